The van der Waals surface area contributed by atoms with Crippen molar-refractivity contribution in [3.8, 4) is 0 Å². The number of likely N-dealkylation sites (N-methyl/N-ethyl adjacent to an activating group) is 1. The molecule has 2 aromatic heterocycles. The minimum absolute atomic E-state index is 0.0210. The van der Waals surface area contributed by atoms with E-state index < -0.39 is 6.04 Å². The molecule has 0 radical (unpaired) electrons. The molecular formula is C24H37N5O2. The van der Waals surface area contributed by atoms with E-state index in [1.54, 1.807) is 6.20 Å². The Balaban J connectivity index is 1.77. The van der Waals surface area contributed by atoms with Gasteiger partial charge in [-0.25, -0.2) is 4.98 Å². The summed E-state index contributed by atoms with van der Waals surface area (Å²) in [4.78, 5) is 36.1. The van der Waals surface area contributed by atoms with E-state index in [2.05, 4.69) is 26.7 Å². The number of H-pyrrole nitrogens is 1. The molecule has 3 N–H and O–H groups in total. The van der Waals surface area contributed by atoms with E-state index in [0.29, 0.717) is 13.0 Å². The number of hydrogen-bond donors (Lipinski definition) is 3. The van der Waals surface area contributed by atoms with Crippen LogP contribution in [-0.4, -0.2) is 57.9 Å². The van der Waals surface area contributed by atoms with E-state index in [9.17, 15) is 9.59 Å². The molecule has 0 unspecified atom stereocenters. The number of rotatable bonds is 8. The molecule has 3 heterocycles. The molecule has 0 spiro atoms. The van der Waals surface area contributed by atoms with Gasteiger partial charge < -0.3 is 20.5 Å². The second-order valence-corrected chi connectivity index (χ2v) is 9.57. The highest BCUT2D eigenvalue weighted by atomic mass is 16.2. The van der Waals surface area contributed by atoms with Crippen LogP contribution in [0.4, 0.5) is 0 Å². The Morgan fingerprint density at radius 2 is 2.10 bits per heavy atom. The first-order chi connectivity index (χ1) is 14.8. The Hall–Kier alpha value is -2.41. The number of fused-ring (bicyclic) bond motifs is 1. The summed E-state index contributed by atoms with van der Waals surface area (Å²) >= 11 is 0. The van der Waals surface area contributed by atoms with Crippen LogP contribution in [0.3, 0.4) is 0 Å². The van der Waals surface area contributed by atoms with Gasteiger partial charge in [-0.05, 0) is 55.3 Å². The summed E-state index contributed by atoms with van der Waals surface area (Å²) in [6, 6.07) is 3.30. The van der Waals surface area contributed by atoms with Crippen molar-refractivity contribution < 1.29 is 9.59 Å². The maximum Gasteiger partial charge on any atom is 0.245 e. The number of hydrogen-bond acceptors (Lipinski definition) is 4. The monoisotopic (exact) mass is 427 g/mol. The van der Waals surface area contributed by atoms with Crippen molar-refractivity contribution in [1.29, 1.82) is 0 Å². The number of amides is 2. The lowest BCUT2D eigenvalue weighted by Crippen LogP contribution is -2.58. The van der Waals surface area contributed by atoms with E-state index in [1.165, 1.54) is 5.56 Å². The Kier molecular flexibility index (Phi) is 7.36. The molecule has 1 aliphatic rings. The molecule has 0 saturated carbocycles. The minimum Gasteiger partial charge on any atom is -0.346 e. The average Bonchev–Trinajstić information content (AvgIpc) is 3.36. The predicted octanol–water partition coefficient (Wildman–Crippen LogP) is 3.02. The van der Waals surface area contributed by atoms with Gasteiger partial charge in [0.25, 0.3) is 0 Å². The molecule has 7 heteroatoms. The number of aromatic nitrogens is 2. The third-order valence-corrected chi connectivity index (χ3v) is 6.23. The maximum atomic E-state index is 13.7. The first-order valence-electron chi connectivity index (χ1n) is 11.5. The van der Waals surface area contributed by atoms with E-state index in [4.69, 9.17) is 0 Å². The highest BCUT2D eigenvalue weighted by Crippen LogP contribution is 2.29. The summed E-state index contributed by atoms with van der Waals surface area (Å²) in [6.45, 7) is 11.5. The van der Waals surface area contributed by atoms with Crippen molar-refractivity contribution in [2.45, 2.75) is 78.4 Å². The summed E-state index contributed by atoms with van der Waals surface area (Å²) in [5, 5.41) is 7.39. The number of carbonyl (C=O) groups excluding carboxylic acids is 2. The number of nitrogens with one attached hydrogen (secondary N) is 3. The quantitative estimate of drug-likeness (QED) is 0.604. The van der Waals surface area contributed by atoms with Gasteiger partial charge in [0.05, 0.1) is 6.04 Å². The largest absolute Gasteiger partial charge is 0.346 e. The molecule has 7 nitrogen and oxygen atoms in total. The minimum atomic E-state index is -0.557. The number of carbonyl (C=O) groups is 2. The third-order valence-electron chi connectivity index (χ3n) is 6.23. The number of aromatic amines is 1. The lowest BCUT2D eigenvalue weighted by atomic mass is 9.85. The van der Waals surface area contributed by atoms with Crippen LogP contribution in [-0.2, 0) is 16.0 Å². The van der Waals surface area contributed by atoms with Gasteiger partial charge in [-0.2, -0.15) is 0 Å². The molecular weight excluding hydrogens is 390 g/mol. The van der Waals surface area contributed by atoms with Crippen LogP contribution in [0.5, 0.6) is 0 Å². The fourth-order valence-corrected chi connectivity index (χ4v) is 4.50. The molecule has 3 atom stereocenters. The number of pyridine rings is 1. The van der Waals surface area contributed by atoms with Crippen LogP contribution in [0.1, 0.15) is 59.4 Å². The molecule has 0 bridgehead atoms. The van der Waals surface area contributed by atoms with Gasteiger partial charge in [0.1, 0.15) is 11.7 Å². The van der Waals surface area contributed by atoms with Gasteiger partial charge in [0.15, 0.2) is 0 Å². The van der Waals surface area contributed by atoms with Crippen LogP contribution in [0, 0.1) is 5.41 Å². The van der Waals surface area contributed by atoms with Crippen LogP contribution in [0.25, 0.3) is 11.0 Å². The summed E-state index contributed by atoms with van der Waals surface area (Å²) in [6.07, 6.45) is 7.21. The molecule has 3 rings (SSSR count). The van der Waals surface area contributed by atoms with Crippen molar-refractivity contribution in [3.05, 3.63) is 30.1 Å². The van der Waals surface area contributed by atoms with Crippen molar-refractivity contribution in [2.24, 2.45) is 5.41 Å². The van der Waals surface area contributed by atoms with Gasteiger partial charge >= 0.3 is 0 Å². The van der Waals surface area contributed by atoms with Gasteiger partial charge in [-0.3, -0.25) is 9.59 Å². The number of likely N-dealkylation sites (tertiary alicyclic amines) is 1. The van der Waals surface area contributed by atoms with Gasteiger partial charge in [-0.15, -0.1) is 0 Å². The van der Waals surface area contributed by atoms with Crippen molar-refractivity contribution in [1.82, 2.24) is 25.5 Å². The summed E-state index contributed by atoms with van der Waals surface area (Å²) in [5.74, 6) is -0.0799. The van der Waals surface area contributed by atoms with Crippen LogP contribution >= 0.6 is 0 Å². The van der Waals surface area contributed by atoms with Crippen molar-refractivity contribution in [3.63, 3.8) is 0 Å². The Bertz CT molecular complexity index is 901. The van der Waals surface area contributed by atoms with Gasteiger partial charge in [0.2, 0.25) is 11.8 Å². The van der Waals surface area contributed by atoms with Crippen LogP contribution in [0.15, 0.2) is 24.5 Å². The zero-order chi connectivity index (χ0) is 22.6. The SMILES string of the molecule is CCN[C@@H](CC)C(=O)N[C@H](C(=O)N1CCC[C@@H]1Cc1c[nH]c2ncccc12)C(C)(C)C. The zero-order valence-corrected chi connectivity index (χ0v) is 19.5. The molecule has 0 aromatic carbocycles. The molecule has 31 heavy (non-hydrogen) atoms. The molecule has 2 aromatic rings. The zero-order valence-electron chi connectivity index (χ0n) is 19.5. The smallest absolute Gasteiger partial charge is 0.245 e. The normalized spacial score (nSPS) is 18.9. The fraction of sp³-hybridized carbons (Fsp3) is 0.625. The summed E-state index contributed by atoms with van der Waals surface area (Å²) < 4.78 is 0. The van der Waals surface area contributed by atoms with E-state index in [1.807, 2.05) is 51.8 Å². The highest BCUT2D eigenvalue weighted by Gasteiger charge is 2.40. The van der Waals surface area contributed by atoms with Crippen LogP contribution in [0.2, 0.25) is 0 Å². The van der Waals surface area contributed by atoms with Crippen molar-refractivity contribution >= 4 is 22.8 Å². The molecule has 1 fully saturated rings. The topological polar surface area (TPSA) is 90.1 Å². The second-order valence-electron chi connectivity index (χ2n) is 9.57. The third kappa shape index (κ3) is 5.26. The Morgan fingerprint density at radius 3 is 2.77 bits per heavy atom. The first-order valence-corrected chi connectivity index (χ1v) is 11.5. The predicted molar refractivity (Wildman–Crippen MR) is 124 cm³/mol. The maximum absolute atomic E-state index is 13.7. The molecule has 1 aliphatic heterocycles. The average molecular weight is 428 g/mol. The van der Waals surface area contributed by atoms with Gasteiger partial charge in [0, 0.05) is 30.4 Å². The molecule has 1 saturated heterocycles. The van der Waals surface area contributed by atoms with Crippen molar-refractivity contribution in [2.75, 3.05) is 13.1 Å². The Labute approximate surface area is 185 Å². The number of nitrogens with zero attached hydrogens (tertiary/aromatic N) is 2. The molecule has 2 amide bonds. The van der Waals surface area contributed by atoms with E-state index >= 15 is 0 Å². The second kappa shape index (κ2) is 9.81. The lowest BCUT2D eigenvalue weighted by molar-refractivity contribution is -0.140. The fourth-order valence-electron chi connectivity index (χ4n) is 4.50. The first kappa shape index (κ1) is 23.3. The van der Waals surface area contributed by atoms with Crippen LogP contribution < -0.4 is 10.6 Å². The van der Waals surface area contributed by atoms with E-state index in [-0.39, 0.29) is 29.3 Å². The highest BCUT2D eigenvalue weighted by molar-refractivity contribution is 5.90. The molecule has 0 aliphatic carbocycles. The van der Waals surface area contributed by atoms with Gasteiger partial charge in [-0.1, -0.05) is 34.6 Å². The Morgan fingerprint density at radius 1 is 1.32 bits per heavy atom. The lowest BCUT2D eigenvalue weighted by Gasteiger charge is -2.36. The molecule has 170 valence electrons. The summed E-state index contributed by atoms with van der Waals surface area (Å²) in [5.41, 5.74) is 1.68. The standard InChI is InChI=1S/C24H37N5O2/c1-6-19(25-7-2)22(30)28-20(24(3,4)5)23(31)29-13-9-10-17(29)14-16-15-27-21-18(16)11-8-12-26-21/h8,11-12,15,17,19-20,25H,6-7,9-10,13-14H2,1-5H3,(H,26,27)(H,28,30)/t17-,19+,20-/m1/s1. The summed E-state index contributed by atoms with van der Waals surface area (Å²) in [7, 11) is 0. The van der Waals surface area contributed by atoms with E-state index in [0.717, 1.165) is 36.8 Å².